The summed E-state index contributed by atoms with van der Waals surface area (Å²) >= 11 is 4.90. The van der Waals surface area contributed by atoms with Crippen LogP contribution in [0.1, 0.15) is 5.01 Å². The topological polar surface area (TPSA) is 59.9 Å². The second-order valence-corrected chi connectivity index (χ2v) is 5.51. The third-order valence-electron chi connectivity index (χ3n) is 2.17. The third-order valence-corrected chi connectivity index (χ3v) is 3.59. The highest BCUT2D eigenvalue weighted by molar-refractivity contribution is 9.10. The maximum Gasteiger partial charge on any atom is 0.166 e. The fourth-order valence-electron chi connectivity index (χ4n) is 1.30. The van der Waals surface area contributed by atoms with Gasteiger partial charge in [-0.25, -0.2) is 0 Å². The number of hydrogen-bond acceptors (Lipinski definition) is 6. The van der Waals surface area contributed by atoms with E-state index in [1.807, 2.05) is 12.1 Å². The highest BCUT2D eigenvalue weighted by atomic mass is 79.9. The SMILES string of the molecule is COCCNCc1nnc(-c2ccc(Br)cn2)s1. The van der Waals surface area contributed by atoms with Gasteiger partial charge in [-0.2, -0.15) is 0 Å². The van der Waals surface area contributed by atoms with Crippen molar-refractivity contribution >= 4 is 27.3 Å². The van der Waals surface area contributed by atoms with E-state index >= 15 is 0 Å². The summed E-state index contributed by atoms with van der Waals surface area (Å²) in [5.41, 5.74) is 0.846. The van der Waals surface area contributed by atoms with Crippen LogP contribution in [0.15, 0.2) is 22.8 Å². The molecule has 7 heteroatoms. The molecule has 0 unspecified atom stereocenters. The number of rotatable bonds is 6. The van der Waals surface area contributed by atoms with Gasteiger partial charge in [0.2, 0.25) is 0 Å². The largest absolute Gasteiger partial charge is 0.383 e. The number of ether oxygens (including phenoxy) is 1. The molecule has 2 heterocycles. The normalized spacial score (nSPS) is 10.8. The van der Waals surface area contributed by atoms with Gasteiger partial charge in [-0.1, -0.05) is 11.3 Å². The summed E-state index contributed by atoms with van der Waals surface area (Å²) in [6, 6.07) is 3.87. The number of hydrogen-bond donors (Lipinski definition) is 1. The molecule has 2 aromatic heterocycles. The molecule has 0 spiro atoms. The molecule has 5 nitrogen and oxygen atoms in total. The Balaban J connectivity index is 1.95. The van der Waals surface area contributed by atoms with E-state index in [4.69, 9.17) is 4.74 Å². The van der Waals surface area contributed by atoms with Crippen molar-refractivity contribution in [1.82, 2.24) is 20.5 Å². The molecule has 0 atom stereocenters. The molecule has 0 aliphatic rings. The van der Waals surface area contributed by atoms with E-state index in [0.717, 1.165) is 26.7 Å². The first-order valence-electron chi connectivity index (χ1n) is 5.43. The number of methoxy groups -OCH3 is 1. The molecule has 0 aromatic carbocycles. The van der Waals surface area contributed by atoms with Gasteiger partial charge in [-0.3, -0.25) is 4.98 Å². The van der Waals surface area contributed by atoms with Crippen molar-refractivity contribution in [2.24, 2.45) is 0 Å². The van der Waals surface area contributed by atoms with Crippen LogP contribution in [0.4, 0.5) is 0 Å². The highest BCUT2D eigenvalue weighted by Crippen LogP contribution is 2.22. The van der Waals surface area contributed by atoms with Crippen LogP contribution in [0.25, 0.3) is 10.7 Å². The van der Waals surface area contributed by atoms with Crippen molar-refractivity contribution in [3.63, 3.8) is 0 Å². The predicted octanol–water partition coefficient (Wildman–Crippen LogP) is 2.10. The Labute approximate surface area is 118 Å². The zero-order chi connectivity index (χ0) is 12.8. The maximum absolute atomic E-state index is 4.96. The lowest BCUT2D eigenvalue weighted by atomic mass is 10.4. The molecule has 0 amide bonds. The molecule has 0 saturated heterocycles. The first-order valence-corrected chi connectivity index (χ1v) is 7.04. The van der Waals surface area contributed by atoms with Gasteiger partial charge in [0.05, 0.1) is 6.61 Å². The van der Waals surface area contributed by atoms with Crippen LogP contribution in [0, 0.1) is 0 Å². The number of aromatic nitrogens is 3. The summed E-state index contributed by atoms with van der Waals surface area (Å²) in [6.07, 6.45) is 1.76. The smallest absolute Gasteiger partial charge is 0.166 e. The molecule has 2 rings (SSSR count). The van der Waals surface area contributed by atoms with Gasteiger partial charge < -0.3 is 10.1 Å². The second kappa shape index (κ2) is 6.89. The highest BCUT2D eigenvalue weighted by Gasteiger charge is 2.07. The molecule has 0 fully saturated rings. The van der Waals surface area contributed by atoms with Gasteiger partial charge in [0.25, 0.3) is 0 Å². The molecule has 0 saturated carbocycles. The lowest BCUT2D eigenvalue weighted by molar-refractivity contribution is 0.199. The van der Waals surface area contributed by atoms with Gasteiger partial charge in [0, 0.05) is 30.9 Å². The Morgan fingerprint density at radius 1 is 1.39 bits per heavy atom. The number of halogens is 1. The predicted molar refractivity (Wildman–Crippen MR) is 74.4 cm³/mol. The molecule has 0 aliphatic carbocycles. The molecule has 0 radical (unpaired) electrons. The minimum Gasteiger partial charge on any atom is -0.383 e. The quantitative estimate of drug-likeness (QED) is 0.823. The van der Waals surface area contributed by atoms with Crippen LogP contribution < -0.4 is 5.32 Å². The van der Waals surface area contributed by atoms with Gasteiger partial charge in [0.1, 0.15) is 10.7 Å². The molecule has 0 aliphatic heterocycles. The standard InChI is InChI=1S/C11H13BrN4OS/c1-17-5-4-13-7-10-15-16-11(18-10)9-3-2-8(12)6-14-9/h2-3,6,13H,4-5,7H2,1H3. The monoisotopic (exact) mass is 328 g/mol. The molecular weight excluding hydrogens is 316 g/mol. The van der Waals surface area contributed by atoms with Crippen molar-refractivity contribution in [3.05, 3.63) is 27.8 Å². The molecule has 96 valence electrons. The first kappa shape index (κ1) is 13.5. The molecular formula is C11H13BrN4OS. The lowest BCUT2D eigenvalue weighted by Gasteiger charge is -1.99. The van der Waals surface area contributed by atoms with E-state index in [0.29, 0.717) is 13.2 Å². The third kappa shape index (κ3) is 3.81. The Morgan fingerprint density at radius 3 is 3.00 bits per heavy atom. The summed E-state index contributed by atoms with van der Waals surface area (Å²) in [5, 5.41) is 13.3. The maximum atomic E-state index is 4.96. The minimum absolute atomic E-state index is 0.694. The van der Waals surface area contributed by atoms with Gasteiger partial charge in [-0.05, 0) is 28.1 Å². The van der Waals surface area contributed by atoms with Crippen LogP contribution in [-0.2, 0) is 11.3 Å². The summed E-state index contributed by atoms with van der Waals surface area (Å²) in [5.74, 6) is 0. The molecule has 0 bridgehead atoms. The molecule has 18 heavy (non-hydrogen) atoms. The first-order chi connectivity index (χ1) is 8.79. The Hall–Kier alpha value is -0.890. The average molecular weight is 329 g/mol. The fraction of sp³-hybridized carbons (Fsp3) is 0.364. The van der Waals surface area contributed by atoms with Gasteiger partial charge in [0.15, 0.2) is 5.01 Å². The zero-order valence-electron chi connectivity index (χ0n) is 9.89. The summed E-state index contributed by atoms with van der Waals surface area (Å²) in [4.78, 5) is 4.29. The Bertz CT molecular complexity index is 488. The van der Waals surface area contributed by atoms with Crippen LogP contribution in [0.3, 0.4) is 0 Å². The van der Waals surface area contributed by atoms with E-state index in [1.54, 1.807) is 24.6 Å². The summed E-state index contributed by atoms with van der Waals surface area (Å²) in [6.45, 7) is 2.21. The number of nitrogens with one attached hydrogen (secondary N) is 1. The van der Waals surface area contributed by atoms with Crippen LogP contribution >= 0.6 is 27.3 Å². The summed E-state index contributed by atoms with van der Waals surface area (Å²) < 4.78 is 5.91. The number of nitrogens with zero attached hydrogens (tertiary/aromatic N) is 3. The Morgan fingerprint density at radius 2 is 2.28 bits per heavy atom. The summed E-state index contributed by atoms with van der Waals surface area (Å²) in [7, 11) is 1.68. The van der Waals surface area contributed by atoms with Gasteiger partial charge in [-0.15, -0.1) is 10.2 Å². The minimum atomic E-state index is 0.694. The van der Waals surface area contributed by atoms with Crippen molar-refractivity contribution in [3.8, 4) is 10.7 Å². The van der Waals surface area contributed by atoms with E-state index in [1.165, 1.54) is 0 Å². The average Bonchev–Trinajstić information content (AvgIpc) is 2.84. The van der Waals surface area contributed by atoms with Crippen molar-refractivity contribution < 1.29 is 4.74 Å². The zero-order valence-corrected chi connectivity index (χ0v) is 12.3. The number of pyridine rings is 1. The van der Waals surface area contributed by atoms with Crippen LogP contribution in [0.5, 0.6) is 0 Å². The second-order valence-electron chi connectivity index (χ2n) is 3.53. The van der Waals surface area contributed by atoms with Crippen LogP contribution in [0.2, 0.25) is 0 Å². The van der Waals surface area contributed by atoms with Gasteiger partial charge >= 0.3 is 0 Å². The van der Waals surface area contributed by atoms with Crippen molar-refractivity contribution in [1.29, 1.82) is 0 Å². The van der Waals surface area contributed by atoms with Crippen LogP contribution in [-0.4, -0.2) is 35.4 Å². The van der Waals surface area contributed by atoms with E-state index in [-0.39, 0.29) is 0 Å². The van der Waals surface area contributed by atoms with E-state index in [2.05, 4.69) is 36.4 Å². The van der Waals surface area contributed by atoms with Crippen molar-refractivity contribution in [2.75, 3.05) is 20.3 Å². The molecule has 2 aromatic rings. The Kier molecular flexibility index (Phi) is 5.18. The van der Waals surface area contributed by atoms with E-state index in [9.17, 15) is 0 Å². The van der Waals surface area contributed by atoms with E-state index < -0.39 is 0 Å². The molecule has 1 N–H and O–H groups in total. The fourth-order valence-corrected chi connectivity index (χ4v) is 2.32. The van der Waals surface area contributed by atoms with Crippen molar-refractivity contribution in [2.45, 2.75) is 6.54 Å². The lowest BCUT2D eigenvalue weighted by Crippen LogP contribution is -2.18.